The van der Waals surface area contributed by atoms with Crippen molar-refractivity contribution in [2.75, 3.05) is 0 Å². The van der Waals surface area contributed by atoms with Crippen LogP contribution >= 0.6 is 12.4 Å². The molecular weight excluding hydrogens is 240 g/mol. The summed E-state index contributed by atoms with van der Waals surface area (Å²) in [4.78, 5) is 11.5. The summed E-state index contributed by atoms with van der Waals surface area (Å²) >= 11 is 0. The van der Waals surface area contributed by atoms with Crippen LogP contribution in [0, 0.1) is 0 Å². The van der Waals surface area contributed by atoms with Gasteiger partial charge in [0.2, 0.25) is 0 Å². The largest absolute Gasteiger partial charge is 0.446 e. The molecule has 1 fully saturated rings. The van der Waals surface area contributed by atoms with Crippen LogP contribution in [0.25, 0.3) is 0 Å². The molecule has 1 aliphatic carbocycles. The van der Waals surface area contributed by atoms with Crippen LogP contribution in [0.2, 0.25) is 0 Å². The highest BCUT2D eigenvalue weighted by Gasteiger charge is 2.29. The third-order valence-electron chi connectivity index (χ3n) is 2.83. The van der Waals surface area contributed by atoms with E-state index in [0.717, 1.165) is 25.7 Å². The summed E-state index contributed by atoms with van der Waals surface area (Å²) in [7, 11) is 0. The number of nitrogens with two attached hydrogens (primary N) is 1. The molecule has 0 aromatic carbocycles. The van der Waals surface area contributed by atoms with Crippen LogP contribution in [-0.4, -0.2) is 23.3 Å². The predicted molar refractivity (Wildman–Crippen MR) is 71.5 cm³/mol. The van der Waals surface area contributed by atoms with E-state index >= 15 is 0 Å². The van der Waals surface area contributed by atoms with E-state index in [0.29, 0.717) is 0 Å². The smallest absolute Gasteiger partial charge is 0.407 e. The summed E-state index contributed by atoms with van der Waals surface area (Å²) in [6, 6.07) is 0. The molecule has 1 saturated carbocycles. The lowest BCUT2D eigenvalue weighted by Crippen LogP contribution is -2.45. The SMILES string of the molecule is CC1(N)CCC(OC(=O)NC(C)(C)C)CC1.Cl. The van der Waals surface area contributed by atoms with Gasteiger partial charge in [-0.1, -0.05) is 0 Å². The number of amides is 1. The van der Waals surface area contributed by atoms with E-state index in [9.17, 15) is 4.79 Å². The summed E-state index contributed by atoms with van der Waals surface area (Å²) in [5.74, 6) is 0. The summed E-state index contributed by atoms with van der Waals surface area (Å²) in [6.07, 6.45) is 3.27. The molecule has 1 aliphatic rings. The Bertz CT molecular complexity index is 252. The summed E-state index contributed by atoms with van der Waals surface area (Å²) in [5.41, 5.74) is 5.69. The summed E-state index contributed by atoms with van der Waals surface area (Å²) in [5, 5.41) is 2.79. The van der Waals surface area contributed by atoms with E-state index in [1.54, 1.807) is 0 Å². The highest BCUT2D eigenvalue weighted by molar-refractivity contribution is 5.85. The van der Waals surface area contributed by atoms with E-state index in [-0.39, 0.29) is 35.7 Å². The molecule has 1 rings (SSSR count). The number of halogens is 1. The lowest BCUT2D eigenvalue weighted by Gasteiger charge is -2.34. The second kappa shape index (κ2) is 5.91. The number of hydrogen-bond acceptors (Lipinski definition) is 3. The first kappa shape index (κ1) is 16.5. The van der Waals surface area contributed by atoms with Crippen LogP contribution in [0.15, 0.2) is 0 Å². The van der Waals surface area contributed by atoms with E-state index in [2.05, 4.69) is 12.2 Å². The van der Waals surface area contributed by atoms with Crippen LogP contribution in [0.3, 0.4) is 0 Å². The van der Waals surface area contributed by atoms with Crippen LogP contribution in [0.1, 0.15) is 53.4 Å². The summed E-state index contributed by atoms with van der Waals surface area (Å²) in [6.45, 7) is 7.86. The molecule has 0 radical (unpaired) electrons. The molecule has 0 bridgehead atoms. The maximum atomic E-state index is 11.5. The molecule has 0 saturated heterocycles. The van der Waals surface area contributed by atoms with Crippen LogP contribution in [0.4, 0.5) is 4.79 Å². The first-order valence-electron chi connectivity index (χ1n) is 5.96. The second-order valence-electron chi connectivity index (χ2n) is 6.13. The van der Waals surface area contributed by atoms with Gasteiger partial charge in [-0.05, 0) is 53.4 Å². The van der Waals surface area contributed by atoms with Gasteiger partial charge in [-0.2, -0.15) is 0 Å². The second-order valence-corrected chi connectivity index (χ2v) is 6.13. The molecule has 0 aromatic rings. The van der Waals surface area contributed by atoms with Crippen molar-refractivity contribution in [2.24, 2.45) is 5.73 Å². The minimum absolute atomic E-state index is 0. The van der Waals surface area contributed by atoms with Gasteiger partial charge >= 0.3 is 6.09 Å². The van der Waals surface area contributed by atoms with Gasteiger partial charge in [0.1, 0.15) is 6.10 Å². The van der Waals surface area contributed by atoms with Gasteiger partial charge < -0.3 is 15.8 Å². The zero-order valence-corrected chi connectivity index (χ0v) is 12.0. The van der Waals surface area contributed by atoms with Crippen molar-refractivity contribution in [1.82, 2.24) is 5.32 Å². The maximum Gasteiger partial charge on any atom is 0.407 e. The molecular formula is C12H25ClN2O2. The zero-order valence-electron chi connectivity index (χ0n) is 11.2. The highest BCUT2D eigenvalue weighted by Crippen LogP contribution is 2.27. The number of alkyl carbamates (subject to hydrolysis) is 1. The molecule has 0 aromatic heterocycles. The fourth-order valence-corrected chi connectivity index (χ4v) is 1.86. The van der Waals surface area contributed by atoms with Crippen LogP contribution in [0.5, 0.6) is 0 Å². The van der Waals surface area contributed by atoms with Crippen LogP contribution in [-0.2, 0) is 4.74 Å². The standard InChI is InChI=1S/C12H24N2O2.ClH/c1-11(2,3)14-10(15)16-9-5-7-12(4,13)8-6-9;/h9H,5-8,13H2,1-4H3,(H,14,15);1H. The zero-order chi connectivity index (χ0) is 12.4. The Morgan fingerprint density at radius 2 is 1.82 bits per heavy atom. The van der Waals surface area contributed by atoms with Gasteiger partial charge in [-0.25, -0.2) is 4.79 Å². The molecule has 0 unspecified atom stereocenters. The Morgan fingerprint density at radius 1 is 1.35 bits per heavy atom. The van der Waals surface area contributed by atoms with Crippen molar-refractivity contribution in [3.63, 3.8) is 0 Å². The fourth-order valence-electron chi connectivity index (χ4n) is 1.86. The number of ether oxygens (including phenoxy) is 1. The normalized spacial score (nSPS) is 29.1. The fraction of sp³-hybridized carbons (Fsp3) is 0.917. The molecule has 0 aliphatic heterocycles. The lowest BCUT2D eigenvalue weighted by molar-refractivity contribution is 0.0569. The van der Waals surface area contributed by atoms with Gasteiger partial charge in [0.05, 0.1) is 0 Å². The predicted octanol–water partition coefficient (Wildman–Crippen LogP) is 2.59. The Balaban J connectivity index is 0.00000256. The van der Waals surface area contributed by atoms with Gasteiger partial charge in [0.15, 0.2) is 0 Å². The quantitative estimate of drug-likeness (QED) is 0.765. The number of carbonyl (C=O) groups excluding carboxylic acids is 1. The number of rotatable bonds is 1. The molecule has 4 nitrogen and oxygen atoms in total. The molecule has 102 valence electrons. The van der Waals surface area contributed by atoms with E-state index in [4.69, 9.17) is 10.5 Å². The van der Waals surface area contributed by atoms with Gasteiger partial charge in [-0.15, -0.1) is 12.4 Å². The molecule has 0 heterocycles. The summed E-state index contributed by atoms with van der Waals surface area (Å²) < 4.78 is 5.36. The number of hydrogen-bond donors (Lipinski definition) is 2. The minimum atomic E-state index is -0.321. The third-order valence-corrected chi connectivity index (χ3v) is 2.83. The van der Waals surface area contributed by atoms with Gasteiger partial charge in [0.25, 0.3) is 0 Å². The van der Waals surface area contributed by atoms with Crippen LogP contribution < -0.4 is 11.1 Å². The topological polar surface area (TPSA) is 64.3 Å². The Morgan fingerprint density at radius 3 is 2.24 bits per heavy atom. The van der Waals surface area contributed by atoms with E-state index in [1.807, 2.05) is 20.8 Å². The molecule has 5 heteroatoms. The van der Waals surface area contributed by atoms with E-state index in [1.165, 1.54) is 0 Å². The van der Waals surface area contributed by atoms with Gasteiger partial charge in [-0.3, -0.25) is 0 Å². The average molecular weight is 265 g/mol. The van der Waals surface area contributed by atoms with Crippen molar-refractivity contribution in [1.29, 1.82) is 0 Å². The lowest BCUT2D eigenvalue weighted by atomic mass is 9.83. The monoisotopic (exact) mass is 264 g/mol. The third kappa shape index (κ3) is 6.74. The minimum Gasteiger partial charge on any atom is -0.446 e. The highest BCUT2D eigenvalue weighted by atomic mass is 35.5. The van der Waals surface area contributed by atoms with Crippen molar-refractivity contribution in [2.45, 2.75) is 70.6 Å². The molecule has 3 N–H and O–H groups in total. The average Bonchev–Trinajstić information content (AvgIpc) is 2.05. The van der Waals surface area contributed by atoms with E-state index < -0.39 is 0 Å². The van der Waals surface area contributed by atoms with Crippen molar-refractivity contribution in [3.05, 3.63) is 0 Å². The number of carbonyl (C=O) groups is 1. The van der Waals surface area contributed by atoms with Crippen molar-refractivity contribution < 1.29 is 9.53 Å². The Labute approximate surface area is 110 Å². The Hall–Kier alpha value is -0.480. The van der Waals surface area contributed by atoms with Crippen molar-refractivity contribution in [3.8, 4) is 0 Å². The maximum absolute atomic E-state index is 11.5. The van der Waals surface area contributed by atoms with Gasteiger partial charge in [0, 0.05) is 11.1 Å². The van der Waals surface area contributed by atoms with Crippen molar-refractivity contribution >= 4 is 18.5 Å². The molecule has 1 amide bonds. The first-order valence-corrected chi connectivity index (χ1v) is 5.96. The molecule has 0 atom stereocenters. The molecule has 0 spiro atoms. The first-order chi connectivity index (χ1) is 7.18. The number of nitrogens with one attached hydrogen (secondary N) is 1. The Kier molecular flexibility index (Phi) is 5.75. The molecule has 17 heavy (non-hydrogen) atoms.